The zero-order valence-electron chi connectivity index (χ0n) is 8.74. The zero-order chi connectivity index (χ0) is 11.2. The predicted molar refractivity (Wildman–Crippen MR) is 62.4 cm³/mol. The summed E-state index contributed by atoms with van der Waals surface area (Å²) in [7, 11) is 0. The molecule has 0 amide bonds. The second kappa shape index (κ2) is 3.55. The molecule has 1 aromatic rings. The Balaban J connectivity index is 2.23. The van der Waals surface area contributed by atoms with Crippen LogP contribution in [0.1, 0.15) is 31.2 Å². The second-order valence-electron chi connectivity index (χ2n) is 4.32. The number of fused-ring (bicyclic) bond motifs is 3. The summed E-state index contributed by atoms with van der Waals surface area (Å²) in [5, 5.41) is 9.90. The van der Waals surface area contributed by atoms with Gasteiger partial charge in [0, 0.05) is 10.6 Å². The summed E-state index contributed by atoms with van der Waals surface area (Å²) in [6, 6.07) is 5.59. The Morgan fingerprint density at radius 1 is 1.38 bits per heavy atom. The first-order chi connectivity index (χ1) is 7.78. The molecule has 0 aromatic heterocycles. The van der Waals surface area contributed by atoms with Crippen molar-refractivity contribution in [2.24, 2.45) is 4.99 Å². The smallest absolute Gasteiger partial charge is 0.170 e. The van der Waals surface area contributed by atoms with Gasteiger partial charge in [-0.2, -0.15) is 0 Å². The van der Waals surface area contributed by atoms with Crippen molar-refractivity contribution in [2.75, 3.05) is 0 Å². The molecule has 0 spiro atoms. The molecule has 1 aromatic carbocycles. The molecule has 2 aliphatic rings. The molecule has 1 heterocycles. The largest absolute Gasteiger partial charge is 0.254 e. The lowest BCUT2D eigenvalue weighted by Gasteiger charge is -2.32. The van der Waals surface area contributed by atoms with E-state index in [1.807, 2.05) is 18.2 Å². The number of halogens is 1. The van der Waals surface area contributed by atoms with E-state index in [-0.39, 0.29) is 0 Å². The first-order valence-electron chi connectivity index (χ1n) is 5.47. The van der Waals surface area contributed by atoms with Crippen molar-refractivity contribution >= 4 is 23.0 Å². The lowest BCUT2D eigenvalue weighted by molar-refractivity contribution is -0.308. The van der Waals surface area contributed by atoms with E-state index in [4.69, 9.17) is 16.5 Å². The first kappa shape index (κ1) is 10.3. The Morgan fingerprint density at radius 3 is 3.06 bits per heavy atom. The summed E-state index contributed by atoms with van der Waals surface area (Å²) in [6.07, 6.45) is 3.73. The number of hydrogen-bond acceptors (Lipinski definition) is 3. The molecule has 0 radical (unpaired) electrons. The monoisotopic (exact) mass is 237 g/mol. The van der Waals surface area contributed by atoms with Crippen LogP contribution < -0.4 is 0 Å². The van der Waals surface area contributed by atoms with E-state index in [1.54, 1.807) is 0 Å². The average Bonchev–Trinajstić information content (AvgIpc) is 2.65. The topological polar surface area (TPSA) is 41.8 Å². The van der Waals surface area contributed by atoms with Gasteiger partial charge in [0.25, 0.3) is 0 Å². The number of nitrogens with zero attached hydrogens (tertiary/aromatic N) is 1. The van der Waals surface area contributed by atoms with E-state index in [1.165, 1.54) is 0 Å². The van der Waals surface area contributed by atoms with Crippen LogP contribution in [0.15, 0.2) is 23.2 Å². The van der Waals surface area contributed by atoms with Gasteiger partial charge in [0.05, 0.1) is 11.4 Å². The van der Waals surface area contributed by atoms with E-state index in [0.29, 0.717) is 5.02 Å². The lowest BCUT2D eigenvalue weighted by atomic mass is 9.79. The summed E-state index contributed by atoms with van der Waals surface area (Å²) in [4.78, 5) is 9.32. The molecule has 84 valence electrons. The Hall–Kier alpha value is -0.900. The molecule has 1 atom stereocenters. The lowest BCUT2D eigenvalue weighted by Crippen LogP contribution is -2.38. The highest BCUT2D eigenvalue weighted by Crippen LogP contribution is 2.50. The SMILES string of the molecule is OO[C@@]12CCCCC1=Nc1cccc(Cl)c12. The highest BCUT2D eigenvalue weighted by molar-refractivity contribution is 6.32. The van der Waals surface area contributed by atoms with Crippen molar-refractivity contribution in [3.05, 3.63) is 28.8 Å². The molecule has 16 heavy (non-hydrogen) atoms. The van der Waals surface area contributed by atoms with Gasteiger partial charge in [0.1, 0.15) is 0 Å². The maximum atomic E-state index is 9.28. The van der Waals surface area contributed by atoms with E-state index >= 15 is 0 Å². The minimum atomic E-state index is -0.772. The van der Waals surface area contributed by atoms with Gasteiger partial charge < -0.3 is 0 Å². The van der Waals surface area contributed by atoms with Gasteiger partial charge in [-0.3, -0.25) is 10.2 Å². The average molecular weight is 238 g/mol. The Bertz CT molecular complexity index is 472. The van der Waals surface area contributed by atoms with Gasteiger partial charge in [0.2, 0.25) is 0 Å². The summed E-state index contributed by atoms with van der Waals surface area (Å²) in [6.45, 7) is 0. The number of hydrogen-bond donors (Lipinski definition) is 1. The van der Waals surface area contributed by atoms with Crippen LogP contribution in [0.5, 0.6) is 0 Å². The molecule has 0 unspecified atom stereocenters. The standard InChI is InChI=1S/C12H12ClNO2/c13-8-4-3-5-9-11(8)12(16-15)7-2-1-6-10(12)14-9/h3-5,15H,1-2,6-7H2/t12-/m0/s1. The van der Waals surface area contributed by atoms with Crippen LogP contribution in [0.4, 0.5) is 5.69 Å². The molecule has 0 saturated heterocycles. The number of aliphatic imine (C=N–C) groups is 1. The highest BCUT2D eigenvalue weighted by atomic mass is 35.5. The Labute approximate surface area is 98.6 Å². The van der Waals surface area contributed by atoms with Crippen molar-refractivity contribution in [3.8, 4) is 0 Å². The Morgan fingerprint density at radius 2 is 2.25 bits per heavy atom. The maximum absolute atomic E-state index is 9.28. The molecule has 4 heteroatoms. The van der Waals surface area contributed by atoms with Gasteiger partial charge in [-0.1, -0.05) is 17.7 Å². The number of rotatable bonds is 1. The van der Waals surface area contributed by atoms with Gasteiger partial charge >= 0.3 is 0 Å². The van der Waals surface area contributed by atoms with Crippen LogP contribution in [0.2, 0.25) is 5.02 Å². The quantitative estimate of drug-likeness (QED) is 0.598. The minimum absolute atomic E-state index is 0.618. The summed E-state index contributed by atoms with van der Waals surface area (Å²) >= 11 is 6.19. The third-order valence-corrected chi connectivity index (χ3v) is 3.78. The zero-order valence-corrected chi connectivity index (χ0v) is 9.50. The van der Waals surface area contributed by atoms with Crippen molar-refractivity contribution in [1.82, 2.24) is 0 Å². The van der Waals surface area contributed by atoms with Gasteiger partial charge in [0.15, 0.2) is 5.60 Å². The predicted octanol–water partition coefficient (Wildman–Crippen LogP) is 3.69. The van der Waals surface area contributed by atoms with Crippen molar-refractivity contribution in [3.63, 3.8) is 0 Å². The molecule has 0 bridgehead atoms. The van der Waals surface area contributed by atoms with Crippen molar-refractivity contribution < 1.29 is 10.1 Å². The summed E-state index contributed by atoms with van der Waals surface area (Å²) in [5.74, 6) is 0. The fraction of sp³-hybridized carbons (Fsp3) is 0.417. The molecule has 1 aliphatic carbocycles. The van der Waals surface area contributed by atoms with Crippen LogP contribution in [0, 0.1) is 0 Å². The van der Waals surface area contributed by atoms with Crippen molar-refractivity contribution in [2.45, 2.75) is 31.3 Å². The van der Waals surface area contributed by atoms with E-state index < -0.39 is 5.60 Å². The molecule has 1 aliphatic heterocycles. The number of benzene rings is 1. The second-order valence-corrected chi connectivity index (χ2v) is 4.73. The van der Waals surface area contributed by atoms with Crippen LogP contribution in [0.3, 0.4) is 0 Å². The summed E-state index contributed by atoms with van der Waals surface area (Å²) < 4.78 is 0. The molecular formula is C12H12ClNO2. The molecule has 1 saturated carbocycles. The molecule has 1 N–H and O–H groups in total. The van der Waals surface area contributed by atoms with Crippen LogP contribution in [-0.4, -0.2) is 11.0 Å². The molecule has 3 rings (SSSR count). The molecule has 3 nitrogen and oxygen atoms in total. The van der Waals surface area contributed by atoms with Gasteiger partial charge in [-0.25, -0.2) is 4.89 Å². The van der Waals surface area contributed by atoms with Crippen LogP contribution >= 0.6 is 11.6 Å². The third-order valence-electron chi connectivity index (χ3n) is 3.47. The van der Waals surface area contributed by atoms with Gasteiger partial charge in [-0.15, -0.1) is 0 Å². The van der Waals surface area contributed by atoms with Gasteiger partial charge in [-0.05, 0) is 37.8 Å². The van der Waals surface area contributed by atoms with Crippen molar-refractivity contribution in [1.29, 1.82) is 0 Å². The normalized spacial score (nSPS) is 27.2. The molecule has 1 fully saturated rings. The molecular weight excluding hydrogens is 226 g/mol. The third kappa shape index (κ3) is 1.19. The first-order valence-corrected chi connectivity index (χ1v) is 5.85. The maximum Gasteiger partial charge on any atom is 0.170 e. The van der Waals surface area contributed by atoms with Crippen LogP contribution in [0.25, 0.3) is 0 Å². The Kier molecular flexibility index (Phi) is 2.28. The fourth-order valence-electron chi connectivity index (χ4n) is 2.72. The fourth-order valence-corrected chi connectivity index (χ4v) is 3.05. The summed E-state index contributed by atoms with van der Waals surface area (Å²) in [5.41, 5.74) is 1.79. The van der Waals surface area contributed by atoms with E-state index in [9.17, 15) is 5.26 Å². The van der Waals surface area contributed by atoms with E-state index in [2.05, 4.69) is 4.99 Å². The highest BCUT2D eigenvalue weighted by Gasteiger charge is 2.48. The minimum Gasteiger partial charge on any atom is -0.254 e. The van der Waals surface area contributed by atoms with E-state index in [0.717, 1.165) is 42.6 Å². The van der Waals surface area contributed by atoms with Crippen LogP contribution in [-0.2, 0) is 10.5 Å².